The number of nitrogens with zero attached hydrogens (tertiary/aromatic N) is 4. The van der Waals surface area contributed by atoms with Crippen molar-refractivity contribution in [3.05, 3.63) is 63.9 Å². The van der Waals surface area contributed by atoms with Crippen molar-refractivity contribution in [2.75, 3.05) is 29.1 Å². The number of hydrogen-bond acceptors (Lipinski definition) is 7. The standard InChI is InChI=1S/C21H15N5O2S2/c27-19(16-10-13-20(30-16)24-17-3-1-2-7-26(17)21(13)28)23-12-4-5-15-14(9-12)25-8-6-22-18(25)11-29-15/h1-5,7,9-10H,6,8,11H2,(H,23,27). The zero-order valence-corrected chi connectivity index (χ0v) is 17.3. The number of aromatic nitrogens is 2. The van der Waals surface area contributed by atoms with Gasteiger partial charge in [0.15, 0.2) is 0 Å². The highest BCUT2D eigenvalue weighted by Crippen LogP contribution is 2.38. The van der Waals surface area contributed by atoms with E-state index in [-0.39, 0.29) is 11.5 Å². The van der Waals surface area contributed by atoms with Crippen LogP contribution in [0.2, 0.25) is 0 Å². The molecule has 6 rings (SSSR count). The van der Waals surface area contributed by atoms with E-state index in [2.05, 4.69) is 20.2 Å². The fraction of sp³-hybridized carbons (Fsp3) is 0.143. The van der Waals surface area contributed by atoms with E-state index in [4.69, 9.17) is 0 Å². The Morgan fingerprint density at radius 3 is 3.03 bits per heavy atom. The summed E-state index contributed by atoms with van der Waals surface area (Å²) in [5, 5.41) is 3.42. The first kappa shape index (κ1) is 17.7. The summed E-state index contributed by atoms with van der Waals surface area (Å²) in [5.41, 5.74) is 2.21. The molecule has 0 aliphatic carbocycles. The van der Waals surface area contributed by atoms with E-state index in [0.29, 0.717) is 20.7 Å². The lowest BCUT2D eigenvalue weighted by Gasteiger charge is -2.28. The van der Waals surface area contributed by atoms with Gasteiger partial charge in [-0.15, -0.1) is 23.1 Å². The number of amides is 1. The molecule has 0 saturated heterocycles. The summed E-state index contributed by atoms with van der Waals surface area (Å²) in [6.07, 6.45) is 1.68. The molecule has 0 unspecified atom stereocenters. The van der Waals surface area contributed by atoms with E-state index in [9.17, 15) is 9.59 Å². The molecule has 2 aliphatic heterocycles. The minimum atomic E-state index is -0.245. The van der Waals surface area contributed by atoms with Crippen LogP contribution >= 0.6 is 23.1 Å². The number of rotatable bonds is 2. The fourth-order valence-electron chi connectivity index (χ4n) is 3.80. The van der Waals surface area contributed by atoms with Crippen LogP contribution in [0, 0.1) is 0 Å². The first-order valence-corrected chi connectivity index (χ1v) is 11.3. The van der Waals surface area contributed by atoms with Gasteiger partial charge in [0.25, 0.3) is 11.5 Å². The summed E-state index contributed by atoms with van der Waals surface area (Å²) in [5.74, 6) is 1.74. The molecule has 4 aromatic rings. The molecule has 148 valence electrons. The summed E-state index contributed by atoms with van der Waals surface area (Å²) in [6.45, 7) is 1.68. The Morgan fingerprint density at radius 2 is 2.10 bits per heavy atom. The number of carbonyl (C=O) groups excluding carboxylic acids is 1. The van der Waals surface area contributed by atoms with Crippen LogP contribution in [-0.4, -0.2) is 40.0 Å². The zero-order chi connectivity index (χ0) is 20.2. The topological polar surface area (TPSA) is 79.1 Å². The van der Waals surface area contributed by atoms with Gasteiger partial charge in [-0.25, -0.2) is 4.98 Å². The molecule has 9 heteroatoms. The van der Waals surface area contributed by atoms with Crippen LogP contribution in [0.4, 0.5) is 11.4 Å². The Balaban J connectivity index is 1.34. The number of fused-ring (bicyclic) bond motifs is 5. The zero-order valence-electron chi connectivity index (χ0n) is 15.7. The van der Waals surface area contributed by atoms with Crippen LogP contribution in [-0.2, 0) is 0 Å². The molecule has 0 spiro atoms. The normalized spacial score (nSPS) is 15.2. The van der Waals surface area contributed by atoms with Crippen LogP contribution < -0.4 is 15.8 Å². The molecule has 0 bridgehead atoms. The SMILES string of the molecule is O=C(Nc1ccc2c(c1)N1CCN=C1CS2)c1cc2c(=O)n3ccccc3nc2s1. The summed E-state index contributed by atoms with van der Waals surface area (Å²) >= 11 is 2.99. The van der Waals surface area contributed by atoms with Gasteiger partial charge in [-0.05, 0) is 36.4 Å². The number of thiophene rings is 1. The number of hydrogen-bond donors (Lipinski definition) is 1. The van der Waals surface area contributed by atoms with Crippen molar-refractivity contribution in [3.8, 4) is 0 Å². The molecule has 1 aromatic carbocycles. The Hall–Kier alpha value is -3.17. The molecular formula is C21H15N5O2S2. The number of anilines is 2. The van der Waals surface area contributed by atoms with Crippen molar-refractivity contribution in [1.82, 2.24) is 9.38 Å². The highest BCUT2D eigenvalue weighted by molar-refractivity contribution is 8.00. The first-order chi connectivity index (χ1) is 14.7. The predicted molar refractivity (Wildman–Crippen MR) is 122 cm³/mol. The average Bonchev–Trinajstić information content (AvgIpc) is 3.41. The molecule has 30 heavy (non-hydrogen) atoms. The first-order valence-electron chi connectivity index (χ1n) is 9.47. The van der Waals surface area contributed by atoms with E-state index >= 15 is 0 Å². The molecule has 0 saturated carbocycles. The predicted octanol–water partition coefficient (Wildman–Crippen LogP) is 3.49. The Kier molecular flexibility index (Phi) is 3.93. The van der Waals surface area contributed by atoms with Crippen molar-refractivity contribution in [1.29, 1.82) is 0 Å². The third kappa shape index (κ3) is 2.73. The van der Waals surface area contributed by atoms with Crippen molar-refractivity contribution in [3.63, 3.8) is 0 Å². The van der Waals surface area contributed by atoms with Crippen LogP contribution in [0.5, 0.6) is 0 Å². The third-order valence-corrected chi connectivity index (χ3v) is 7.32. The molecule has 3 aromatic heterocycles. The number of pyridine rings is 1. The van der Waals surface area contributed by atoms with Gasteiger partial charge >= 0.3 is 0 Å². The molecule has 0 fully saturated rings. The number of thioether (sulfide) groups is 1. The quantitative estimate of drug-likeness (QED) is 0.524. The minimum absolute atomic E-state index is 0.169. The van der Waals surface area contributed by atoms with Crippen LogP contribution in [0.3, 0.4) is 0 Å². The Labute approximate surface area is 179 Å². The highest BCUT2D eigenvalue weighted by Gasteiger charge is 2.26. The highest BCUT2D eigenvalue weighted by atomic mass is 32.2. The monoisotopic (exact) mass is 433 g/mol. The lowest BCUT2D eigenvalue weighted by Crippen LogP contribution is -2.32. The molecule has 1 amide bonds. The molecule has 1 N–H and O–H groups in total. The van der Waals surface area contributed by atoms with Gasteiger partial charge in [0.05, 0.1) is 28.2 Å². The molecule has 7 nitrogen and oxygen atoms in total. The fourth-order valence-corrected chi connectivity index (χ4v) is 5.74. The summed E-state index contributed by atoms with van der Waals surface area (Å²) in [4.78, 5) is 39.1. The van der Waals surface area contributed by atoms with Gasteiger partial charge in [0.2, 0.25) is 0 Å². The maximum absolute atomic E-state index is 12.9. The number of benzene rings is 1. The summed E-state index contributed by atoms with van der Waals surface area (Å²) in [6, 6.07) is 13.0. The smallest absolute Gasteiger partial charge is 0.266 e. The van der Waals surface area contributed by atoms with E-state index in [1.54, 1.807) is 36.2 Å². The van der Waals surface area contributed by atoms with Gasteiger partial charge in [-0.3, -0.25) is 19.0 Å². The third-order valence-electron chi connectivity index (χ3n) is 5.23. The number of nitrogens with one attached hydrogen (secondary N) is 1. The molecule has 5 heterocycles. The van der Waals surface area contributed by atoms with Gasteiger partial charge in [-0.1, -0.05) is 6.07 Å². The van der Waals surface area contributed by atoms with E-state index in [1.807, 2.05) is 24.3 Å². The van der Waals surface area contributed by atoms with Crippen molar-refractivity contribution in [2.45, 2.75) is 4.90 Å². The lowest BCUT2D eigenvalue weighted by atomic mass is 10.2. The van der Waals surface area contributed by atoms with Crippen molar-refractivity contribution >= 4 is 62.1 Å². The largest absolute Gasteiger partial charge is 0.327 e. The van der Waals surface area contributed by atoms with E-state index < -0.39 is 0 Å². The van der Waals surface area contributed by atoms with Crippen LogP contribution in [0.1, 0.15) is 9.67 Å². The van der Waals surface area contributed by atoms with Crippen molar-refractivity contribution < 1.29 is 4.79 Å². The van der Waals surface area contributed by atoms with Crippen molar-refractivity contribution in [2.24, 2.45) is 4.99 Å². The van der Waals surface area contributed by atoms with E-state index in [0.717, 1.165) is 36.1 Å². The number of amidine groups is 1. The van der Waals surface area contributed by atoms with E-state index in [1.165, 1.54) is 20.6 Å². The van der Waals surface area contributed by atoms with Gasteiger partial charge in [0, 0.05) is 23.3 Å². The minimum Gasteiger partial charge on any atom is -0.327 e. The Bertz CT molecular complexity index is 1440. The number of carbonyl (C=O) groups is 1. The molecule has 0 atom stereocenters. The maximum atomic E-state index is 12.9. The second kappa shape index (κ2) is 6.68. The molecular weight excluding hydrogens is 418 g/mol. The second-order valence-electron chi connectivity index (χ2n) is 7.05. The summed E-state index contributed by atoms with van der Waals surface area (Å²) < 4.78 is 1.49. The van der Waals surface area contributed by atoms with Gasteiger partial charge in [0.1, 0.15) is 16.3 Å². The maximum Gasteiger partial charge on any atom is 0.266 e. The molecule has 0 radical (unpaired) electrons. The van der Waals surface area contributed by atoms with Gasteiger partial charge in [-0.2, -0.15) is 0 Å². The van der Waals surface area contributed by atoms with Crippen LogP contribution in [0.15, 0.2) is 63.3 Å². The second-order valence-corrected chi connectivity index (χ2v) is 9.10. The average molecular weight is 434 g/mol. The number of aliphatic imine (C=N–C) groups is 1. The van der Waals surface area contributed by atoms with Gasteiger partial charge < -0.3 is 10.2 Å². The van der Waals surface area contributed by atoms with Crippen LogP contribution in [0.25, 0.3) is 15.9 Å². The lowest BCUT2D eigenvalue weighted by molar-refractivity contribution is 0.103. The summed E-state index contributed by atoms with van der Waals surface area (Å²) in [7, 11) is 0. The Morgan fingerprint density at radius 1 is 1.17 bits per heavy atom. The molecule has 2 aliphatic rings.